The van der Waals surface area contributed by atoms with E-state index in [1.54, 1.807) is 25.3 Å². The third-order valence-electron chi connectivity index (χ3n) is 4.02. The molecule has 0 aliphatic carbocycles. The third kappa shape index (κ3) is 4.60. The first-order valence-corrected chi connectivity index (χ1v) is 8.35. The van der Waals surface area contributed by atoms with Gasteiger partial charge in [-0.25, -0.2) is 9.97 Å². The van der Waals surface area contributed by atoms with Crippen LogP contribution >= 0.6 is 0 Å². The van der Waals surface area contributed by atoms with Crippen LogP contribution in [0.4, 0.5) is 41.9 Å². The van der Waals surface area contributed by atoms with E-state index < -0.39 is 11.7 Å². The molecular weight excluding hydrogens is 387 g/mol. The Hall–Kier alpha value is -3.69. The number of nitrogens with zero attached hydrogens (tertiary/aromatic N) is 2. The summed E-state index contributed by atoms with van der Waals surface area (Å²) < 4.78 is 48.6. The SMILES string of the molecule is COc1ccc(Nc2ncnc(Nc3ccc(C(F)(F)F)cc3)c2N)c(OC)c1. The standard InChI is InChI=1S/C19H18F3N5O2/c1-28-13-7-8-14(15(9-13)29-2)27-18-16(23)17(24-10-25-18)26-12-5-3-11(4-6-12)19(20,21)22/h3-10H,23H2,1-2H3,(H2,24,25,26,27). The van der Waals surface area contributed by atoms with Gasteiger partial charge in [0.1, 0.15) is 23.5 Å². The highest BCUT2D eigenvalue weighted by atomic mass is 19.4. The van der Waals surface area contributed by atoms with Crippen LogP contribution in [0.5, 0.6) is 11.5 Å². The Bertz CT molecular complexity index is 994. The molecule has 3 aromatic rings. The van der Waals surface area contributed by atoms with Gasteiger partial charge < -0.3 is 25.8 Å². The molecule has 4 N–H and O–H groups in total. The molecule has 10 heteroatoms. The molecule has 1 aromatic heterocycles. The summed E-state index contributed by atoms with van der Waals surface area (Å²) in [5.74, 6) is 1.68. The molecule has 29 heavy (non-hydrogen) atoms. The van der Waals surface area contributed by atoms with Crippen LogP contribution in [0.2, 0.25) is 0 Å². The minimum absolute atomic E-state index is 0.185. The topological polar surface area (TPSA) is 94.3 Å². The Kier molecular flexibility index (Phi) is 5.62. The third-order valence-corrected chi connectivity index (χ3v) is 4.02. The van der Waals surface area contributed by atoms with Gasteiger partial charge in [0.25, 0.3) is 0 Å². The number of alkyl halides is 3. The molecule has 1 heterocycles. The Morgan fingerprint density at radius 2 is 1.55 bits per heavy atom. The maximum Gasteiger partial charge on any atom is 0.416 e. The number of hydrogen-bond acceptors (Lipinski definition) is 7. The van der Waals surface area contributed by atoms with Crippen molar-refractivity contribution in [2.75, 3.05) is 30.6 Å². The van der Waals surface area contributed by atoms with Gasteiger partial charge in [-0.3, -0.25) is 0 Å². The lowest BCUT2D eigenvalue weighted by atomic mass is 10.2. The Labute approximate surface area is 164 Å². The number of methoxy groups -OCH3 is 2. The highest BCUT2D eigenvalue weighted by molar-refractivity contribution is 5.81. The van der Waals surface area contributed by atoms with Crippen LogP contribution in [-0.2, 0) is 6.18 Å². The van der Waals surface area contributed by atoms with Crippen molar-refractivity contribution in [3.05, 3.63) is 54.4 Å². The number of halogens is 3. The Morgan fingerprint density at radius 3 is 2.14 bits per heavy atom. The number of rotatable bonds is 6. The molecule has 3 rings (SSSR count). The largest absolute Gasteiger partial charge is 0.497 e. The van der Waals surface area contributed by atoms with Crippen LogP contribution in [0.1, 0.15) is 5.56 Å². The van der Waals surface area contributed by atoms with Gasteiger partial charge in [-0.1, -0.05) is 0 Å². The average molecular weight is 405 g/mol. The fourth-order valence-corrected chi connectivity index (χ4v) is 2.50. The normalized spacial score (nSPS) is 11.1. The Balaban J connectivity index is 1.83. The monoisotopic (exact) mass is 405 g/mol. The molecule has 7 nitrogen and oxygen atoms in total. The second-order valence-corrected chi connectivity index (χ2v) is 5.88. The average Bonchev–Trinajstić information content (AvgIpc) is 2.71. The van der Waals surface area contributed by atoms with Crippen molar-refractivity contribution < 1.29 is 22.6 Å². The number of ether oxygens (including phenoxy) is 2. The number of aromatic nitrogens is 2. The molecule has 0 radical (unpaired) electrons. The molecule has 0 fully saturated rings. The predicted octanol–water partition coefficient (Wildman–Crippen LogP) is 4.58. The van der Waals surface area contributed by atoms with Crippen molar-refractivity contribution in [2.45, 2.75) is 6.18 Å². The number of anilines is 5. The van der Waals surface area contributed by atoms with Crippen LogP contribution in [-0.4, -0.2) is 24.2 Å². The summed E-state index contributed by atoms with van der Waals surface area (Å²) in [7, 11) is 3.06. The second kappa shape index (κ2) is 8.13. The van der Waals surface area contributed by atoms with Crippen molar-refractivity contribution in [1.29, 1.82) is 0 Å². The predicted molar refractivity (Wildman–Crippen MR) is 104 cm³/mol. The van der Waals surface area contributed by atoms with E-state index in [1.807, 2.05) is 0 Å². The van der Waals surface area contributed by atoms with Crippen LogP contribution in [0.3, 0.4) is 0 Å². The fourth-order valence-electron chi connectivity index (χ4n) is 2.50. The summed E-state index contributed by atoms with van der Waals surface area (Å²) >= 11 is 0. The van der Waals surface area contributed by atoms with E-state index >= 15 is 0 Å². The molecule has 0 atom stereocenters. The molecule has 0 saturated heterocycles. The fraction of sp³-hybridized carbons (Fsp3) is 0.158. The van der Waals surface area contributed by atoms with E-state index in [-0.39, 0.29) is 11.5 Å². The van der Waals surface area contributed by atoms with E-state index in [0.29, 0.717) is 28.7 Å². The van der Waals surface area contributed by atoms with Gasteiger partial charge in [0.15, 0.2) is 11.6 Å². The van der Waals surface area contributed by atoms with Gasteiger partial charge in [-0.2, -0.15) is 13.2 Å². The van der Waals surface area contributed by atoms with Crippen molar-refractivity contribution in [3.8, 4) is 11.5 Å². The molecular formula is C19H18F3N5O2. The van der Waals surface area contributed by atoms with Crippen LogP contribution in [0.25, 0.3) is 0 Å². The van der Waals surface area contributed by atoms with Gasteiger partial charge in [0, 0.05) is 11.8 Å². The molecule has 0 bridgehead atoms. The zero-order valence-corrected chi connectivity index (χ0v) is 15.5. The maximum atomic E-state index is 12.7. The summed E-state index contributed by atoms with van der Waals surface area (Å²) in [4.78, 5) is 8.17. The first-order chi connectivity index (χ1) is 13.8. The molecule has 2 aromatic carbocycles. The molecule has 0 amide bonds. The second-order valence-electron chi connectivity index (χ2n) is 5.88. The summed E-state index contributed by atoms with van der Waals surface area (Å²) in [5.41, 5.74) is 6.57. The lowest BCUT2D eigenvalue weighted by Gasteiger charge is -2.15. The lowest BCUT2D eigenvalue weighted by Crippen LogP contribution is -2.07. The van der Waals surface area contributed by atoms with Gasteiger partial charge in [-0.15, -0.1) is 0 Å². The highest BCUT2D eigenvalue weighted by Gasteiger charge is 2.30. The van der Waals surface area contributed by atoms with E-state index in [1.165, 1.54) is 25.6 Å². The lowest BCUT2D eigenvalue weighted by molar-refractivity contribution is -0.137. The summed E-state index contributed by atoms with van der Waals surface area (Å²) in [6, 6.07) is 9.71. The van der Waals surface area contributed by atoms with Crippen molar-refractivity contribution in [1.82, 2.24) is 9.97 Å². The van der Waals surface area contributed by atoms with Crippen molar-refractivity contribution in [3.63, 3.8) is 0 Å². The molecule has 0 aliphatic rings. The molecule has 0 saturated carbocycles. The first-order valence-electron chi connectivity index (χ1n) is 8.35. The summed E-state index contributed by atoms with van der Waals surface area (Å²) in [5, 5.41) is 5.94. The highest BCUT2D eigenvalue weighted by Crippen LogP contribution is 2.35. The zero-order valence-electron chi connectivity index (χ0n) is 15.5. The number of nitrogen functional groups attached to an aromatic ring is 1. The van der Waals surface area contributed by atoms with Crippen LogP contribution in [0.15, 0.2) is 48.8 Å². The minimum Gasteiger partial charge on any atom is -0.497 e. The van der Waals surface area contributed by atoms with E-state index in [2.05, 4.69) is 20.6 Å². The van der Waals surface area contributed by atoms with Gasteiger partial charge in [-0.05, 0) is 36.4 Å². The van der Waals surface area contributed by atoms with Gasteiger partial charge in [0.2, 0.25) is 0 Å². The smallest absolute Gasteiger partial charge is 0.416 e. The van der Waals surface area contributed by atoms with Crippen molar-refractivity contribution in [2.24, 2.45) is 0 Å². The van der Waals surface area contributed by atoms with E-state index in [4.69, 9.17) is 15.2 Å². The number of nitrogens with one attached hydrogen (secondary N) is 2. The van der Waals surface area contributed by atoms with Crippen LogP contribution in [0, 0.1) is 0 Å². The van der Waals surface area contributed by atoms with Crippen LogP contribution < -0.4 is 25.8 Å². The molecule has 0 unspecified atom stereocenters. The van der Waals surface area contributed by atoms with Gasteiger partial charge >= 0.3 is 6.18 Å². The Morgan fingerprint density at radius 1 is 0.897 bits per heavy atom. The first kappa shape index (κ1) is 20.1. The number of hydrogen-bond donors (Lipinski definition) is 3. The van der Waals surface area contributed by atoms with Gasteiger partial charge in [0.05, 0.1) is 25.5 Å². The molecule has 0 aliphatic heterocycles. The van der Waals surface area contributed by atoms with Crippen molar-refractivity contribution >= 4 is 28.7 Å². The zero-order chi connectivity index (χ0) is 21.0. The maximum absolute atomic E-state index is 12.7. The number of nitrogens with two attached hydrogens (primary N) is 1. The summed E-state index contributed by atoms with van der Waals surface area (Å²) in [6.45, 7) is 0. The van der Waals surface area contributed by atoms with E-state index in [0.717, 1.165) is 12.1 Å². The quantitative estimate of drug-likeness (QED) is 0.552. The minimum atomic E-state index is -4.40. The molecule has 0 spiro atoms. The summed E-state index contributed by atoms with van der Waals surface area (Å²) in [6.07, 6.45) is -3.12. The number of benzene rings is 2. The molecule has 152 valence electrons. The van der Waals surface area contributed by atoms with E-state index in [9.17, 15) is 13.2 Å².